The highest BCUT2D eigenvalue weighted by Crippen LogP contribution is 2.40. The molecule has 1 saturated heterocycles. The summed E-state index contributed by atoms with van der Waals surface area (Å²) in [6.07, 6.45) is 3.46. The van der Waals surface area contributed by atoms with Crippen molar-refractivity contribution in [1.29, 1.82) is 5.26 Å². The second-order valence-corrected chi connectivity index (χ2v) is 6.22. The monoisotopic (exact) mass is 307 g/mol. The zero-order valence-corrected chi connectivity index (χ0v) is 13.3. The molecule has 0 amide bonds. The molecular formula is C15H21N3O2S. The second kappa shape index (κ2) is 6.81. The molecule has 1 fully saturated rings. The van der Waals surface area contributed by atoms with Gasteiger partial charge in [0.25, 0.3) is 0 Å². The Bertz CT molecular complexity index is 562. The highest BCUT2D eigenvalue weighted by atomic mass is 32.1. The van der Waals surface area contributed by atoms with Crippen LogP contribution in [0.3, 0.4) is 0 Å². The van der Waals surface area contributed by atoms with Crippen molar-refractivity contribution in [2.24, 2.45) is 5.92 Å². The minimum atomic E-state index is -0.438. The lowest BCUT2D eigenvalue weighted by atomic mass is 9.96. The molecule has 5 nitrogen and oxygen atoms in total. The molecule has 1 aromatic rings. The molecule has 1 unspecified atom stereocenters. The molecule has 2 heterocycles. The Morgan fingerprint density at radius 1 is 1.57 bits per heavy atom. The fraction of sp³-hybridized carbons (Fsp3) is 0.600. The van der Waals surface area contributed by atoms with Gasteiger partial charge in [0.15, 0.2) is 0 Å². The lowest BCUT2D eigenvalue weighted by Gasteiger charge is -2.33. The fourth-order valence-electron chi connectivity index (χ4n) is 2.69. The van der Waals surface area contributed by atoms with E-state index in [9.17, 15) is 10.1 Å². The van der Waals surface area contributed by atoms with E-state index >= 15 is 0 Å². The third-order valence-electron chi connectivity index (χ3n) is 3.88. The quantitative estimate of drug-likeness (QED) is 0.865. The van der Waals surface area contributed by atoms with Crippen LogP contribution in [0.25, 0.3) is 0 Å². The van der Waals surface area contributed by atoms with E-state index in [1.807, 2.05) is 0 Å². The first-order valence-corrected chi connectivity index (χ1v) is 8.18. The van der Waals surface area contributed by atoms with Crippen LogP contribution < -0.4 is 10.6 Å². The van der Waals surface area contributed by atoms with Crippen LogP contribution in [-0.2, 0) is 4.74 Å². The van der Waals surface area contributed by atoms with Crippen molar-refractivity contribution in [3.8, 4) is 6.07 Å². The van der Waals surface area contributed by atoms with Crippen LogP contribution >= 0.6 is 11.3 Å². The SMILES string of the molecule is CCOC(=O)c1sc(N2CCCC(CC)C2)c(C#N)c1N. The van der Waals surface area contributed by atoms with Gasteiger partial charge in [-0.3, -0.25) is 0 Å². The van der Waals surface area contributed by atoms with E-state index in [1.165, 1.54) is 17.8 Å². The summed E-state index contributed by atoms with van der Waals surface area (Å²) in [6.45, 7) is 6.08. The number of ether oxygens (including phenoxy) is 1. The Hall–Kier alpha value is -1.74. The van der Waals surface area contributed by atoms with Crippen molar-refractivity contribution >= 4 is 28.0 Å². The van der Waals surface area contributed by atoms with E-state index in [2.05, 4.69) is 17.9 Å². The fourth-order valence-corrected chi connectivity index (χ4v) is 3.79. The minimum Gasteiger partial charge on any atom is -0.462 e. The second-order valence-electron chi connectivity index (χ2n) is 5.22. The maximum absolute atomic E-state index is 11.9. The normalized spacial score (nSPS) is 18.3. The predicted octanol–water partition coefficient (Wildman–Crippen LogP) is 3.01. The Labute approximate surface area is 129 Å². The van der Waals surface area contributed by atoms with Crippen molar-refractivity contribution in [3.63, 3.8) is 0 Å². The number of piperidine rings is 1. The number of rotatable bonds is 4. The number of anilines is 2. The van der Waals surface area contributed by atoms with Gasteiger partial charge in [-0.1, -0.05) is 13.3 Å². The Morgan fingerprint density at radius 2 is 2.33 bits per heavy atom. The summed E-state index contributed by atoms with van der Waals surface area (Å²) in [5, 5.41) is 10.2. The van der Waals surface area contributed by atoms with Gasteiger partial charge in [0.05, 0.1) is 12.3 Å². The highest BCUT2D eigenvalue weighted by Gasteiger charge is 2.27. The van der Waals surface area contributed by atoms with Gasteiger partial charge < -0.3 is 15.4 Å². The minimum absolute atomic E-state index is 0.259. The summed E-state index contributed by atoms with van der Waals surface area (Å²) in [5.74, 6) is 0.200. The van der Waals surface area contributed by atoms with Crippen molar-refractivity contribution in [2.75, 3.05) is 30.3 Å². The molecule has 0 aliphatic carbocycles. The van der Waals surface area contributed by atoms with Gasteiger partial charge in [0.2, 0.25) is 0 Å². The number of hydrogen-bond acceptors (Lipinski definition) is 6. The van der Waals surface area contributed by atoms with E-state index in [-0.39, 0.29) is 5.69 Å². The molecule has 1 aliphatic heterocycles. The van der Waals surface area contributed by atoms with Crippen LogP contribution in [0.2, 0.25) is 0 Å². The molecule has 0 radical (unpaired) electrons. The molecule has 0 spiro atoms. The topological polar surface area (TPSA) is 79.3 Å². The molecule has 6 heteroatoms. The maximum atomic E-state index is 11.9. The molecule has 1 atom stereocenters. The lowest BCUT2D eigenvalue weighted by Crippen LogP contribution is -2.35. The van der Waals surface area contributed by atoms with Crippen molar-refractivity contribution in [1.82, 2.24) is 0 Å². The molecule has 1 aromatic heterocycles. The maximum Gasteiger partial charge on any atom is 0.350 e. The Morgan fingerprint density at radius 3 is 2.95 bits per heavy atom. The summed E-state index contributed by atoms with van der Waals surface area (Å²) in [5.41, 5.74) is 6.66. The van der Waals surface area contributed by atoms with Gasteiger partial charge in [-0.05, 0) is 25.7 Å². The number of nitrogens with two attached hydrogens (primary N) is 1. The number of carbonyl (C=O) groups excluding carboxylic acids is 1. The summed E-state index contributed by atoms with van der Waals surface area (Å²) >= 11 is 1.28. The van der Waals surface area contributed by atoms with E-state index in [0.717, 1.165) is 30.9 Å². The van der Waals surface area contributed by atoms with Gasteiger partial charge in [0, 0.05) is 13.1 Å². The smallest absolute Gasteiger partial charge is 0.350 e. The van der Waals surface area contributed by atoms with Gasteiger partial charge in [-0.2, -0.15) is 5.26 Å². The number of carbonyl (C=O) groups is 1. The third kappa shape index (κ3) is 3.13. The largest absolute Gasteiger partial charge is 0.462 e. The highest BCUT2D eigenvalue weighted by molar-refractivity contribution is 7.18. The molecule has 21 heavy (non-hydrogen) atoms. The van der Waals surface area contributed by atoms with Gasteiger partial charge in [-0.15, -0.1) is 11.3 Å². The average molecular weight is 307 g/mol. The standard InChI is InChI=1S/C15H21N3O2S/c1-3-10-6-5-7-18(9-10)14-11(8-16)12(17)13(21-14)15(19)20-4-2/h10H,3-7,9,17H2,1-2H3. The first-order valence-electron chi connectivity index (χ1n) is 7.36. The van der Waals surface area contributed by atoms with Crippen LogP contribution in [0, 0.1) is 17.2 Å². The number of nitrogens with zero attached hydrogens (tertiary/aromatic N) is 2. The van der Waals surface area contributed by atoms with E-state index in [0.29, 0.717) is 23.0 Å². The number of nitrogen functional groups attached to an aromatic ring is 1. The van der Waals surface area contributed by atoms with Gasteiger partial charge in [0.1, 0.15) is 21.5 Å². The molecule has 0 bridgehead atoms. The summed E-state index contributed by atoms with van der Waals surface area (Å²) in [7, 11) is 0. The van der Waals surface area contributed by atoms with Gasteiger partial charge >= 0.3 is 5.97 Å². The van der Waals surface area contributed by atoms with Crippen molar-refractivity contribution < 1.29 is 9.53 Å². The Balaban J connectivity index is 2.33. The summed E-state index contributed by atoms with van der Waals surface area (Å²) in [6, 6.07) is 2.15. The average Bonchev–Trinajstić information content (AvgIpc) is 2.84. The Kier molecular flexibility index (Phi) is 5.07. The van der Waals surface area contributed by atoms with Crippen LogP contribution in [0.5, 0.6) is 0 Å². The molecular weight excluding hydrogens is 286 g/mol. The van der Waals surface area contributed by atoms with Crippen LogP contribution in [0.4, 0.5) is 10.7 Å². The molecule has 2 rings (SSSR count). The first kappa shape index (κ1) is 15.6. The lowest BCUT2D eigenvalue weighted by molar-refractivity contribution is 0.0533. The number of thiophene rings is 1. The van der Waals surface area contributed by atoms with Crippen molar-refractivity contribution in [2.45, 2.75) is 33.1 Å². The number of nitriles is 1. The zero-order chi connectivity index (χ0) is 15.4. The molecule has 114 valence electrons. The van der Waals surface area contributed by atoms with Crippen LogP contribution in [0.15, 0.2) is 0 Å². The molecule has 0 aromatic carbocycles. The van der Waals surface area contributed by atoms with E-state index in [1.54, 1.807) is 6.92 Å². The summed E-state index contributed by atoms with van der Waals surface area (Å²) < 4.78 is 5.01. The number of hydrogen-bond donors (Lipinski definition) is 1. The number of esters is 1. The van der Waals surface area contributed by atoms with Crippen LogP contribution in [0.1, 0.15) is 48.3 Å². The third-order valence-corrected chi connectivity index (χ3v) is 5.13. The molecule has 0 saturated carbocycles. The zero-order valence-electron chi connectivity index (χ0n) is 12.5. The molecule has 1 aliphatic rings. The van der Waals surface area contributed by atoms with Crippen LogP contribution in [-0.4, -0.2) is 25.7 Å². The first-order chi connectivity index (χ1) is 10.1. The molecule has 2 N–H and O–H groups in total. The van der Waals surface area contributed by atoms with Crippen molar-refractivity contribution in [3.05, 3.63) is 10.4 Å². The van der Waals surface area contributed by atoms with E-state index < -0.39 is 5.97 Å². The van der Waals surface area contributed by atoms with E-state index in [4.69, 9.17) is 10.5 Å². The predicted molar refractivity (Wildman–Crippen MR) is 84.6 cm³/mol. The van der Waals surface area contributed by atoms with Gasteiger partial charge in [-0.25, -0.2) is 4.79 Å². The summed E-state index contributed by atoms with van der Waals surface area (Å²) in [4.78, 5) is 14.5.